The Hall–Kier alpha value is -2.33. The van der Waals surface area contributed by atoms with Crippen LogP contribution in [0.4, 0.5) is 0 Å². The highest BCUT2D eigenvalue weighted by Crippen LogP contribution is 2.25. The molecule has 0 saturated carbocycles. The third-order valence-corrected chi connectivity index (χ3v) is 5.29. The fourth-order valence-electron chi connectivity index (χ4n) is 3.63. The quantitative estimate of drug-likeness (QED) is 0.799. The molecule has 148 valence electrons. The Balaban J connectivity index is 1.68. The maximum Gasteiger partial charge on any atom is 0.243 e. The molecular formula is C23H27ClN2O2. The Kier molecular flexibility index (Phi) is 6.74. The number of amides is 2. The topological polar surface area (TPSA) is 49.4 Å². The van der Waals surface area contributed by atoms with Crippen molar-refractivity contribution in [2.45, 2.75) is 45.7 Å². The van der Waals surface area contributed by atoms with Crippen LogP contribution in [-0.4, -0.2) is 29.3 Å². The minimum absolute atomic E-state index is 0.0412. The monoisotopic (exact) mass is 398 g/mol. The van der Waals surface area contributed by atoms with Crippen LogP contribution < -0.4 is 5.32 Å². The number of halogens is 1. The maximum absolute atomic E-state index is 12.9. The molecule has 1 aliphatic heterocycles. The molecule has 1 aliphatic rings. The lowest BCUT2D eigenvalue weighted by Gasteiger charge is -2.36. The summed E-state index contributed by atoms with van der Waals surface area (Å²) in [6, 6.07) is 15.2. The Morgan fingerprint density at radius 1 is 1.14 bits per heavy atom. The summed E-state index contributed by atoms with van der Waals surface area (Å²) in [4.78, 5) is 27.5. The third kappa shape index (κ3) is 5.14. The SMILES string of the molecule is CC(C)CC(=O)N1Cc2ccccc2CC1C(=O)NCCc1cccc(Cl)c1. The van der Waals surface area contributed by atoms with Gasteiger partial charge in [0.15, 0.2) is 0 Å². The standard InChI is InChI=1S/C23H27ClN2O2/c1-16(2)12-22(27)26-15-19-8-4-3-7-18(19)14-21(26)23(28)25-11-10-17-6-5-9-20(24)13-17/h3-9,13,16,21H,10-12,14-15H2,1-2H3,(H,25,28). The molecule has 0 fully saturated rings. The molecule has 1 unspecified atom stereocenters. The van der Waals surface area contributed by atoms with Crippen LogP contribution in [0.1, 0.15) is 37.0 Å². The van der Waals surface area contributed by atoms with E-state index in [1.165, 1.54) is 0 Å². The van der Waals surface area contributed by atoms with Gasteiger partial charge >= 0.3 is 0 Å². The summed E-state index contributed by atoms with van der Waals surface area (Å²) in [5.74, 6) is 0.212. The van der Waals surface area contributed by atoms with E-state index in [2.05, 4.69) is 5.32 Å². The maximum atomic E-state index is 12.9. The van der Waals surface area contributed by atoms with Crippen molar-refractivity contribution >= 4 is 23.4 Å². The fourth-order valence-corrected chi connectivity index (χ4v) is 3.84. The molecule has 0 bridgehead atoms. The Morgan fingerprint density at radius 2 is 1.89 bits per heavy atom. The van der Waals surface area contributed by atoms with Gasteiger partial charge in [-0.1, -0.05) is 61.8 Å². The molecule has 0 saturated heterocycles. The lowest BCUT2D eigenvalue weighted by molar-refractivity contribution is -0.142. The highest BCUT2D eigenvalue weighted by Gasteiger charge is 2.34. The van der Waals surface area contributed by atoms with E-state index in [1.54, 1.807) is 4.90 Å². The summed E-state index contributed by atoms with van der Waals surface area (Å²) in [7, 11) is 0. The van der Waals surface area contributed by atoms with E-state index in [9.17, 15) is 9.59 Å². The second-order valence-corrected chi connectivity index (χ2v) is 8.22. The minimum atomic E-state index is -0.458. The van der Waals surface area contributed by atoms with Gasteiger partial charge in [0.1, 0.15) is 6.04 Å². The molecule has 1 heterocycles. The summed E-state index contributed by atoms with van der Waals surface area (Å²) in [5, 5.41) is 3.71. The summed E-state index contributed by atoms with van der Waals surface area (Å²) >= 11 is 6.02. The molecule has 3 rings (SSSR count). The van der Waals surface area contributed by atoms with E-state index >= 15 is 0 Å². The number of carbonyl (C=O) groups excluding carboxylic acids is 2. The first-order valence-corrected chi connectivity index (χ1v) is 10.2. The summed E-state index contributed by atoms with van der Waals surface area (Å²) in [6.45, 7) is 5.06. The van der Waals surface area contributed by atoms with Crippen LogP contribution in [0.3, 0.4) is 0 Å². The van der Waals surface area contributed by atoms with Crippen LogP contribution in [0.25, 0.3) is 0 Å². The van der Waals surface area contributed by atoms with Gasteiger partial charge in [0.25, 0.3) is 0 Å². The molecule has 2 aromatic rings. The van der Waals surface area contributed by atoms with Crippen molar-refractivity contribution in [3.05, 3.63) is 70.2 Å². The van der Waals surface area contributed by atoms with Crippen LogP contribution in [0.5, 0.6) is 0 Å². The van der Waals surface area contributed by atoms with Gasteiger partial charge in [0.05, 0.1) is 0 Å². The molecule has 4 nitrogen and oxygen atoms in total. The van der Waals surface area contributed by atoms with E-state index in [0.717, 1.165) is 16.7 Å². The van der Waals surface area contributed by atoms with Gasteiger partial charge in [-0.3, -0.25) is 9.59 Å². The van der Waals surface area contributed by atoms with Gasteiger partial charge < -0.3 is 10.2 Å². The summed E-state index contributed by atoms with van der Waals surface area (Å²) < 4.78 is 0. The zero-order valence-corrected chi connectivity index (χ0v) is 17.2. The number of fused-ring (bicyclic) bond motifs is 1. The van der Waals surface area contributed by atoms with Crippen LogP contribution in [0, 0.1) is 5.92 Å². The number of carbonyl (C=O) groups is 2. The van der Waals surface area contributed by atoms with Crippen molar-refractivity contribution in [1.82, 2.24) is 10.2 Å². The molecule has 2 aromatic carbocycles. The molecule has 1 atom stereocenters. The summed E-state index contributed by atoms with van der Waals surface area (Å²) in [5.41, 5.74) is 3.35. The Labute approximate surface area is 171 Å². The van der Waals surface area contributed by atoms with Gasteiger partial charge in [-0.15, -0.1) is 0 Å². The second-order valence-electron chi connectivity index (χ2n) is 7.78. The van der Waals surface area contributed by atoms with Crippen molar-refractivity contribution in [2.75, 3.05) is 6.54 Å². The molecule has 28 heavy (non-hydrogen) atoms. The van der Waals surface area contributed by atoms with E-state index in [1.807, 2.05) is 62.4 Å². The molecule has 0 spiro atoms. The highest BCUT2D eigenvalue weighted by molar-refractivity contribution is 6.30. The number of hydrogen-bond donors (Lipinski definition) is 1. The normalized spacial score (nSPS) is 16.0. The zero-order chi connectivity index (χ0) is 20.1. The zero-order valence-electron chi connectivity index (χ0n) is 16.5. The smallest absolute Gasteiger partial charge is 0.243 e. The largest absolute Gasteiger partial charge is 0.354 e. The first kappa shape index (κ1) is 20.4. The Bertz CT molecular complexity index is 850. The van der Waals surface area contributed by atoms with E-state index < -0.39 is 6.04 Å². The van der Waals surface area contributed by atoms with Crippen molar-refractivity contribution in [1.29, 1.82) is 0 Å². The van der Waals surface area contributed by atoms with E-state index in [-0.39, 0.29) is 17.7 Å². The molecular weight excluding hydrogens is 372 g/mol. The van der Waals surface area contributed by atoms with Crippen molar-refractivity contribution in [3.63, 3.8) is 0 Å². The van der Waals surface area contributed by atoms with Gasteiger partial charge in [-0.05, 0) is 41.2 Å². The first-order valence-electron chi connectivity index (χ1n) is 9.82. The van der Waals surface area contributed by atoms with Gasteiger partial charge in [-0.2, -0.15) is 0 Å². The predicted octanol–water partition coefficient (Wildman–Crippen LogP) is 4.00. The lowest BCUT2D eigenvalue weighted by Crippen LogP contribution is -2.53. The van der Waals surface area contributed by atoms with Crippen LogP contribution in [0.15, 0.2) is 48.5 Å². The van der Waals surface area contributed by atoms with Crippen molar-refractivity contribution < 1.29 is 9.59 Å². The molecule has 0 radical (unpaired) electrons. The Morgan fingerprint density at radius 3 is 2.61 bits per heavy atom. The number of nitrogens with zero attached hydrogens (tertiary/aromatic N) is 1. The molecule has 5 heteroatoms. The number of benzene rings is 2. The number of rotatable bonds is 6. The molecule has 0 aromatic heterocycles. The summed E-state index contributed by atoms with van der Waals surface area (Å²) in [6.07, 6.45) is 1.72. The number of hydrogen-bond acceptors (Lipinski definition) is 2. The fraction of sp³-hybridized carbons (Fsp3) is 0.391. The number of nitrogens with one attached hydrogen (secondary N) is 1. The van der Waals surface area contributed by atoms with E-state index in [4.69, 9.17) is 11.6 Å². The van der Waals surface area contributed by atoms with Gasteiger partial charge in [0.2, 0.25) is 11.8 Å². The van der Waals surface area contributed by atoms with Crippen molar-refractivity contribution in [3.8, 4) is 0 Å². The van der Waals surface area contributed by atoms with Gasteiger partial charge in [-0.25, -0.2) is 0 Å². The van der Waals surface area contributed by atoms with Crippen LogP contribution in [-0.2, 0) is 29.0 Å². The second kappa shape index (κ2) is 9.24. The molecule has 0 aliphatic carbocycles. The average molecular weight is 399 g/mol. The third-order valence-electron chi connectivity index (χ3n) is 5.06. The van der Waals surface area contributed by atoms with Gasteiger partial charge in [0, 0.05) is 31.0 Å². The molecule has 2 amide bonds. The highest BCUT2D eigenvalue weighted by atomic mass is 35.5. The van der Waals surface area contributed by atoms with Crippen LogP contribution >= 0.6 is 11.6 Å². The average Bonchev–Trinajstić information content (AvgIpc) is 2.66. The minimum Gasteiger partial charge on any atom is -0.354 e. The van der Waals surface area contributed by atoms with Crippen LogP contribution in [0.2, 0.25) is 5.02 Å². The van der Waals surface area contributed by atoms with E-state index in [0.29, 0.717) is 37.4 Å². The first-order chi connectivity index (χ1) is 13.4. The predicted molar refractivity (Wildman–Crippen MR) is 112 cm³/mol. The lowest BCUT2D eigenvalue weighted by atomic mass is 9.92. The van der Waals surface area contributed by atoms with Crippen molar-refractivity contribution in [2.24, 2.45) is 5.92 Å². The molecule has 1 N–H and O–H groups in total.